The van der Waals surface area contributed by atoms with Crippen LogP contribution in [0.25, 0.3) is 0 Å². The molecule has 1 heterocycles. The molecule has 0 spiro atoms. The first-order valence-electron chi connectivity index (χ1n) is 4.95. The summed E-state index contributed by atoms with van der Waals surface area (Å²) in [7, 11) is 1.59. The molecule has 5 heteroatoms. The third-order valence-corrected chi connectivity index (χ3v) is 2.28. The summed E-state index contributed by atoms with van der Waals surface area (Å²) < 4.78 is 5.06. The largest absolute Gasteiger partial charge is 0.477 e. The zero-order valence-corrected chi connectivity index (χ0v) is 9.94. The van der Waals surface area contributed by atoms with Crippen LogP contribution < -0.4 is 0 Å². The highest BCUT2D eigenvalue weighted by molar-refractivity contribution is 5.86. The number of aromatic nitrogens is 2. The van der Waals surface area contributed by atoms with E-state index in [9.17, 15) is 4.79 Å². The van der Waals surface area contributed by atoms with Crippen LogP contribution in [0.15, 0.2) is 6.20 Å². The van der Waals surface area contributed by atoms with Crippen LogP contribution in [-0.2, 0) is 10.2 Å². The Morgan fingerprint density at radius 2 is 2.19 bits per heavy atom. The molecule has 0 saturated heterocycles. The molecule has 0 aromatic carbocycles. The average Bonchev–Trinajstić information content (AvgIpc) is 2.17. The summed E-state index contributed by atoms with van der Waals surface area (Å²) >= 11 is 0. The van der Waals surface area contributed by atoms with Crippen LogP contribution in [-0.4, -0.2) is 34.8 Å². The summed E-state index contributed by atoms with van der Waals surface area (Å²) in [4.78, 5) is 19.2. The van der Waals surface area contributed by atoms with E-state index in [2.05, 4.69) is 9.97 Å². The molecule has 0 bridgehead atoms. The molecule has 88 valence electrons. The van der Waals surface area contributed by atoms with Crippen molar-refractivity contribution in [1.29, 1.82) is 0 Å². The van der Waals surface area contributed by atoms with Gasteiger partial charge in [0.1, 0.15) is 5.82 Å². The minimum atomic E-state index is -1.03. The Morgan fingerprint density at radius 1 is 1.56 bits per heavy atom. The van der Waals surface area contributed by atoms with Gasteiger partial charge in [-0.3, -0.25) is 0 Å². The number of carbonyl (C=O) groups is 1. The summed E-state index contributed by atoms with van der Waals surface area (Å²) in [6.07, 6.45) is 1.53. The second kappa shape index (κ2) is 4.57. The van der Waals surface area contributed by atoms with Gasteiger partial charge in [0.05, 0.1) is 6.61 Å². The first kappa shape index (κ1) is 12.6. The number of methoxy groups -OCH3 is 1. The van der Waals surface area contributed by atoms with Crippen LogP contribution in [0.4, 0.5) is 0 Å². The fraction of sp³-hybridized carbons (Fsp3) is 0.545. The SMILES string of the molecule is COCC(C)(C)c1ncc(C)c(C(=O)O)n1. The molecule has 1 rings (SSSR count). The highest BCUT2D eigenvalue weighted by atomic mass is 16.5. The summed E-state index contributed by atoms with van der Waals surface area (Å²) in [6.45, 7) is 5.94. The Balaban J connectivity index is 3.17. The van der Waals surface area contributed by atoms with Crippen molar-refractivity contribution in [3.63, 3.8) is 0 Å². The van der Waals surface area contributed by atoms with E-state index < -0.39 is 11.4 Å². The van der Waals surface area contributed by atoms with Crippen molar-refractivity contribution in [2.75, 3.05) is 13.7 Å². The van der Waals surface area contributed by atoms with Gasteiger partial charge in [0.25, 0.3) is 0 Å². The summed E-state index contributed by atoms with van der Waals surface area (Å²) in [6, 6.07) is 0. The third-order valence-electron chi connectivity index (χ3n) is 2.28. The van der Waals surface area contributed by atoms with Crippen molar-refractivity contribution >= 4 is 5.97 Å². The van der Waals surface area contributed by atoms with Gasteiger partial charge in [-0.1, -0.05) is 13.8 Å². The molecule has 0 amide bonds. The number of ether oxygens (including phenoxy) is 1. The molecule has 0 aliphatic rings. The van der Waals surface area contributed by atoms with E-state index in [4.69, 9.17) is 9.84 Å². The molecule has 0 aliphatic heterocycles. The summed E-state index contributed by atoms with van der Waals surface area (Å²) in [5.74, 6) is -0.549. The van der Waals surface area contributed by atoms with Crippen LogP contribution in [0.1, 0.15) is 35.7 Å². The van der Waals surface area contributed by atoms with Gasteiger partial charge >= 0.3 is 5.97 Å². The second-order valence-electron chi connectivity index (χ2n) is 4.35. The molecule has 0 unspecified atom stereocenters. The maximum Gasteiger partial charge on any atom is 0.354 e. The Hall–Kier alpha value is -1.49. The van der Waals surface area contributed by atoms with Crippen molar-refractivity contribution in [1.82, 2.24) is 9.97 Å². The number of hydrogen-bond donors (Lipinski definition) is 1. The van der Waals surface area contributed by atoms with Crippen LogP contribution in [0.5, 0.6) is 0 Å². The maximum absolute atomic E-state index is 10.9. The van der Waals surface area contributed by atoms with Crippen molar-refractivity contribution in [2.24, 2.45) is 0 Å². The number of rotatable bonds is 4. The summed E-state index contributed by atoms with van der Waals surface area (Å²) in [5.41, 5.74) is 0.214. The quantitative estimate of drug-likeness (QED) is 0.837. The van der Waals surface area contributed by atoms with Gasteiger partial charge in [0, 0.05) is 24.3 Å². The Labute approximate surface area is 94.5 Å². The Kier molecular flexibility index (Phi) is 3.59. The van der Waals surface area contributed by atoms with Crippen LogP contribution in [0.2, 0.25) is 0 Å². The van der Waals surface area contributed by atoms with Gasteiger partial charge in [0.15, 0.2) is 5.69 Å². The lowest BCUT2D eigenvalue weighted by molar-refractivity contribution is 0.0688. The van der Waals surface area contributed by atoms with Crippen molar-refractivity contribution in [3.05, 3.63) is 23.3 Å². The predicted octanol–water partition coefficient (Wildman–Crippen LogP) is 1.41. The molecule has 5 nitrogen and oxygen atoms in total. The molecule has 0 aliphatic carbocycles. The molecule has 1 aromatic heterocycles. The standard InChI is InChI=1S/C11H16N2O3/c1-7-5-12-10(11(2,3)6-16-4)13-8(7)9(14)15/h5H,6H2,1-4H3,(H,14,15). The molecule has 16 heavy (non-hydrogen) atoms. The highest BCUT2D eigenvalue weighted by Crippen LogP contribution is 2.20. The van der Waals surface area contributed by atoms with Gasteiger partial charge in [-0.25, -0.2) is 14.8 Å². The van der Waals surface area contributed by atoms with Crippen LogP contribution in [0, 0.1) is 6.92 Å². The highest BCUT2D eigenvalue weighted by Gasteiger charge is 2.25. The molecule has 0 atom stereocenters. The molecule has 0 fully saturated rings. The van der Waals surface area contributed by atoms with E-state index in [1.807, 2.05) is 13.8 Å². The molecule has 0 saturated carbocycles. The van der Waals surface area contributed by atoms with Gasteiger partial charge in [-0.2, -0.15) is 0 Å². The first-order chi connectivity index (χ1) is 7.38. The second-order valence-corrected chi connectivity index (χ2v) is 4.35. The van der Waals surface area contributed by atoms with E-state index in [0.29, 0.717) is 18.0 Å². The Morgan fingerprint density at radius 3 is 2.69 bits per heavy atom. The van der Waals surface area contributed by atoms with Crippen LogP contribution in [0.3, 0.4) is 0 Å². The molecular weight excluding hydrogens is 208 g/mol. The smallest absolute Gasteiger partial charge is 0.354 e. The summed E-state index contributed by atoms with van der Waals surface area (Å²) in [5, 5.41) is 8.96. The van der Waals surface area contributed by atoms with Crippen molar-refractivity contribution < 1.29 is 14.6 Å². The number of aryl methyl sites for hydroxylation is 1. The van der Waals surface area contributed by atoms with E-state index in [-0.39, 0.29) is 5.69 Å². The van der Waals surface area contributed by atoms with E-state index in [1.165, 1.54) is 6.20 Å². The lowest BCUT2D eigenvalue weighted by atomic mass is 9.93. The third kappa shape index (κ3) is 2.55. The number of hydrogen-bond acceptors (Lipinski definition) is 4. The fourth-order valence-corrected chi connectivity index (χ4v) is 1.41. The molecule has 0 radical (unpaired) electrons. The van der Waals surface area contributed by atoms with E-state index >= 15 is 0 Å². The average molecular weight is 224 g/mol. The predicted molar refractivity (Wildman–Crippen MR) is 58.6 cm³/mol. The lowest BCUT2D eigenvalue weighted by Crippen LogP contribution is -2.27. The fourth-order valence-electron chi connectivity index (χ4n) is 1.41. The monoisotopic (exact) mass is 224 g/mol. The number of aromatic carboxylic acids is 1. The van der Waals surface area contributed by atoms with E-state index in [1.54, 1.807) is 14.0 Å². The van der Waals surface area contributed by atoms with Crippen molar-refractivity contribution in [3.8, 4) is 0 Å². The molecular formula is C11H16N2O3. The van der Waals surface area contributed by atoms with Gasteiger partial charge < -0.3 is 9.84 Å². The van der Waals surface area contributed by atoms with E-state index in [0.717, 1.165) is 0 Å². The zero-order chi connectivity index (χ0) is 12.3. The lowest BCUT2D eigenvalue weighted by Gasteiger charge is -2.22. The van der Waals surface area contributed by atoms with Gasteiger partial charge in [0.2, 0.25) is 0 Å². The molecule has 1 N–H and O–H groups in total. The topological polar surface area (TPSA) is 72.3 Å². The van der Waals surface area contributed by atoms with Gasteiger partial charge in [-0.15, -0.1) is 0 Å². The van der Waals surface area contributed by atoms with Crippen molar-refractivity contribution in [2.45, 2.75) is 26.2 Å². The maximum atomic E-state index is 10.9. The van der Waals surface area contributed by atoms with Gasteiger partial charge in [-0.05, 0) is 6.92 Å². The normalized spacial score (nSPS) is 11.5. The number of carboxylic acids is 1. The first-order valence-corrected chi connectivity index (χ1v) is 4.95. The number of nitrogens with zero attached hydrogens (tertiary/aromatic N) is 2. The van der Waals surface area contributed by atoms with Crippen LogP contribution >= 0.6 is 0 Å². The minimum Gasteiger partial charge on any atom is -0.477 e. The minimum absolute atomic E-state index is 0.0502. The number of carboxylic acid groups (broad SMARTS) is 1. The zero-order valence-electron chi connectivity index (χ0n) is 9.94. The Bertz CT molecular complexity index is 402. The molecule has 1 aromatic rings.